The summed E-state index contributed by atoms with van der Waals surface area (Å²) in [6, 6.07) is 3.42. The molecule has 0 aliphatic rings. The number of hydrogen-bond donors (Lipinski definition) is 2. The first-order chi connectivity index (χ1) is 9.01. The maximum absolute atomic E-state index is 13.4. The highest BCUT2D eigenvalue weighted by Gasteiger charge is 2.19. The third kappa shape index (κ3) is 3.99. The molecule has 0 saturated carbocycles. The molecule has 0 bridgehead atoms. The Bertz CT molecular complexity index is 433. The summed E-state index contributed by atoms with van der Waals surface area (Å²) < 4.78 is 26.3. The van der Waals surface area contributed by atoms with E-state index >= 15 is 0 Å². The van der Waals surface area contributed by atoms with Crippen molar-refractivity contribution < 1.29 is 18.7 Å². The molecule has 19 heavy (non-hydrogen) atoms. The molecule has 2 N–H and O–H groups in total. The van der Waals surface area contributed by atoms with E-state index < -0.39 is 23.6 Å². The maximum Gasteiger partial charge on any atom is 0.254 e. The number of halogens is 2. The largest absolute Gasteiger partial charge is 0.391 e. The van der Waals surface area contributed by atoms with Crippen LogP contribution in [-0.4, -0.2) is 23.7 Å². The third-order valence-electron chi connectivity index (χ3n) is 3.26. The Balaban J connectivity index is 2.63. The van der Waals surface area contributed by atoms with E-state index in [1.807, 2.05) is 13.8 Å². The van der Waals surface area contributed by atoms with Gasteiger partial charge in [0.15, 0.2) is 11.6 Å². The smallest absolute Gasteiger partial charge is 0.254 e. The second kappa shape index (κ2) is 7.19. The van der Waals surface area contributed by atoms with Gasteiger partial charge in [0.1, 0.15) is 0 Å². The number of carbonyl (C=O) groups is 1. The average Bonchev–Trinajstić information content (AvgIpc) is 2.40. The van der Waals surface area contributed by atoms with Gasteiger partial charge in [-0.05, 0) is 18.1 Å². The number of carbonyl (C=O) groups excluding carboxylic acids is 1. The molecule has 106 valence electrons. The summed E-state index contributed by atoms with van der Waals surface area (Å²) in [4.78, 5) is 11.7. The Morgan fingerprint density at radius 1 is 1.32 bits per heavy atom. The molecule has 0 saturated heterocycles. The first kappa shape index (κ1) is 15.6. The Morgan fingerprint density at radius 3 is 2.53 bits per heavy atom. The summed E-state index contributed by atoms with van der Waals surface area (Å²) >= 11 is 0. The van der Waals surface area contributed by atoms with E-state index in [9.17, 15) is 18.7 Å². The van der Waals surface area contributed by atoms with Gasteiger partial charge in [-0.3, -0.25) is 4.79 Å². The molecular formula is C14H19F2NO2. The molecule has 0 aromatic heterocycles. The highest BCUT2D eigenvalue weighted by Crippen LogP contribution is 2.13. The van der Waals surface area contributed by atoms with Crippen LogP contribution in [0.15, 0.2) is 18.2 Å². The normalized spacial score (nSPS) is 12.5. The summed E-state index contributed by atoms with van der Waals surface area (Å²) in [5, 5.41) is 12.3. The molecule has 0 heterocycles. The zero-order chi connectivity index (χ0) is 14.4. The van der Waals surface area contributed by atoms with E-state index in [2.05, 4.69) is 5.32 Å². The van der Waals surface area contributed by atoms with Crippen LogP contribution in [-0.2, 0) is 0 Å². The van der Waals surface area contributed by atoms with E-state index in [4.69, 9.17) is 0 Å². The Labute approximate surface area is 111 Å². The zero-order valence-electron chi connectivity index (χ0n) is 11.1. The van der Waals surface area contributed by atoms with Gasteiger partial charge in [-0.1, -0.05) is 32.8 Å². The lowest BCUT2D eigenvalue weighted by atomic mass is 9.96. The van der Waals surface area contributed by atoms with Crippen molar-refractivity contribution in [1.29, 1.82) is 0 Å². The third-order valence-corrected chi connectivity index (χ3v) is 3.26. The van der Waals surface area contributed by atoms with Crippen molar-refractivity contribution in [3.63, 3.8) is 0 Å². The van der Waals surface area contributed by atoms with E-state index in [1.165, 1.54) is 12.1 Å². The monoisotopic (exact) mass is 271 g/mol. The summed E-state index contributed by atoms with van der Waals surface area (Å²) in [5.41, 5.74) is -0.350. The predicted molar refractivity (Wildman–Crippen MR) is 68.8 cm³/mol. The van der Waals surface area contributed by atoms with Crippen LogP contribution in [0, 0.1) is 17.6 Å². The summed E-state index contributed by atoms with van der Waals surface area (Å²) in [6.45, 7) is 3.93. The van der Waals surface area contributed by atoms with E-state index in [0.29, 0.717) is 0 Å². The Hall–Kier alpha value is -1.49. The highest BCUT2D eigenvalue weighted by molar-refractivity contribution is 5.94. The van der Waals surface area contributed by atoms with Crippen LogP contribution >= 0.6 is 0 Å². The number of amides is 1. The molecule has 3 nitrogen and oxygen atoms in total. The second-order valence-electron chi connectivity index (χ2n) is 4.46. The van der Waals surface area contributed by atoms with Crippen LogP contribution < -0.4 is 5.32 Å². The molecular weight excluding hydrogens is 252 g/mol. The first-order valence-electron chi connectivity index (χ1n) is 6.41. The van der Waals surface area contributed by atoms with E-state index in [0.717, 1.165) is 18.9 Å². The zero-order valence-corrected chi connectivity index (χ0v) is 11.1. The lowest BCUT2D eigenvalue weighted by Crippen LogP contribution is -2.36. The van der Waals surface area contributed by atoms with Gasteiger partial charge in [0.2, 0.25) is 0 Å². The molecule has 1 unspecified atom stereocenters. The quantitative estimate of drug-likeness (QED) is 0.835. The highest BCUT2D eigenvalue weighted by atomic mass is 19.2. The maximum atomic E-state index is 13.4. The van der Waals surface area contributed by atoms with Crippen LogP contribution in [0.2, 0.25) is 0 Å². The Kier molecular flexibility index (Phi) is 5.89. The van der Waals surface area contributed by atoms with E-state index in [-0.39, 0.29) is 18.0 Å². The van der Waals surface area contributed by atoms with Gasteiger partial charge in [-0.25, -0.2) is 8.78 Å². The molecule has 0 aliphatic carbocycles. The number of hydrogen-bond acceptors (Lipinski definition) is 2. The van der Waals surface area contributed by atoms with Crippen molar-refractivity contribution >= 4 is 5.91 Å². The molecule has 0 spiro atoms. The number of benzene rings is 1. The molecule has 1 rings (SSSR count). The summed E-state index contributed by atoms with van der Waals surface area (Å²) in [7, 11) is 0. The van der Waals surface area contributed by atoms with Gasteiger partial charge in [-0.2, -0.15) is 0 Å². The van der Waals surface area contributed by atoms with Crippen molar-refractivity contribution in [2.75, 3.05) is 6.54 Å². The molecule has 5 heteroatoms. The second-order valence-corrected chi connectivity index (χ2v) is 4.46. The van der Waals surface area contributed by atoms with Gasteiger partial charge >= 0.3 is 0 Å². The molecule has 1 amide bonds. The van der Waals surface area contributed by atoms with E-state index in [1.54, 1.807) is 0 Å². The van der Waals surface area contributed by atoms with Crippen molar-refractivity contribution in [3.05, 3.63) is 35.4 Å². The van der Waals surface area contributed by atoms with Crippen molar-refractivity contribution in [2.45, 2.75) is 32.8 Å². The van der Waals surface area contributed by atoms with Gasteiger partial charge < -0.3 is 10.4 Å². The minimum atomic E-state index is -1.17. The molecule has 0 radical (unpaired) electrons. The topological polar surface area (TPSA) is 49.3 Å². The van der Waals surface area contributed by atoms with Crippen LogP contribution in [0.25, 0.3) is 0 Å². The fraction of sp³-hybridized carbons (Fsp3) is 0.500. The van der Waals surface area contributed by atoms with Crippen molar-refractivity contribution in [1.82, 2.24) is 5.32 Å². The fourth-order valence-corrected chi connectivity index (χ4v) is 1.97. The van der Waals surface area contributed by atoms with Crippen LogP contribution in [0.1, 0.15) is 37.0 Å². The van der Waals surface area contributed by atoms with Crippen LogP contribution in [0.5, 0.6) is 0 Å². The van der Waals surface area contributed by atoms with Gasteiger partial charge in [0, 0.05) is 6.54 Å². The number of aliphatic hydroxyl groups is 1. The Morgan fingerprint density at radius 2 is 1.95 bits per heavy atom. The summed E-state index contributed by atoms with van der Waals surface area (Å²) in [5.74, 6) is -2.87. The molecule has 1 aromatic rings. The SMILES string of the molecule is CCC(CC)C(O)CNC(=O)c1cccc(F)c1F. The number of nitrogens with one attached hydrogen (secondary N) is 1. The standard InChI is InChI=1S/C14H19F2NO2/c1-3-9(4-2)12(18)8-17-14(19)10-6-5-7-11(15)13(10)16/h5-7,9,12,18H,3-4,8H2,1-2H3,(H,17,19). The average molecular weight is 271 g/mol. The number of rotatable bonds is 6. The van der Waals surface area contributed by atoms with Gasteiger partial charge in [0.05, 0.1) is 11.7 Å². The predicted octanol–water partition coefficient (Wildman–Crippen LogP) is 2.49. The fourth-order valence-electron chi connectivity index (χ4n) is 1.97. The first-order valence-corrected chi connectivity index (χ1v) is 6.41. The lowest BCUT2D eigenvalue weighted by molar-refractivity contribution is 0.0813. The van der Waals surface area contributed by atoms with Crippen LogP contribution in [0.4, 0.5) is 8.78 Å². The van der Waals surface area contributed by atoms with Crippen LogP contribution in [0.3, 0.4) is 0 Å². The molecule has 1 atom stereocenters. The lowest BCUT2D eigenvalue weighted by Gasteiger charge is -2.20. The van der Waals surface area contributed by atoms with Crippen molar-refractivity contribution in [3.8, 4) is 0 Å². The minimum Gasteiger partial charge on any atom is -0.391 e. The minimum absolute atomic E-state index is 0.0289. The summed E-state index contributed by atoms with van der Waals surface area (Å²) in [6.07, 6.45) is 0.902. The number of aliphatic hydroxyl groups excluding tert-OH is 1. The van der Waals surface area contributed by atoms with Crippen molar-refractivity contribution in [2.24, 2.45) is 5.92 Å². The van der Waals surface area contributed by atoms with Gasteiger partial charge in [-0.15, -0.1) is 0 Å². The molecule has 0 aliphatic heterocycles. The van der Waals surface area contributed by atoms with Gasteiger partial charge in [0.25, 0.3) is 5.91 Å². The molecule has 1 aromatic carbocycles. The molecule has 0 fully saturated rings.